The molecule has 26 heavy (non-hydrogen) atoms. The van der Waals surface area contributed by atoms with E-state index >= 15 is 0 Å². The van der Waals surface area contributed by atoms with Gasteiger partial charge in [0.25, 0.3) is 0 Å². The van der Waals surface area contributed by atoms with E-state index < -0.39 is 0 Å². The molecule has 1 amide bonds. The maximum atomic E-state index is 11.8. The smallest absolute Gasteiger partial charge is 0.227 e. The molecule has 5 nitrogen and oxygen atoms in total. The van der Waals surface area contributed by atoms with Crippen molar-refractivity contribution < 1.29 is 9.53 Å². The summed E-state index contributed by atoms with van der Waals surface area (Å²) >= 11 is 0. The predicted octanol–water partition coefficient (Wildman–Crippen LogP) is 3.00. The summed E-state index contributed by atoms with van der Waals surface area (Å²) in [5.41, 5.74) is 4.75. The Kier molecular flexibility index (Phi) is 5.00. The Morgan fingerprint density at radius 2 is 2.23 bits per heavy atom. The molecule has 3 heterocycles. The van der Waals surface area contributed by atoms with Crippen molar-refractivity contribution in [1.82, 2.24) is 10.3 Å². The third kappa shape index (κ3) is 3.64. The van der Waals surface area contributed by atoms with Crippen LogP contribution in [0.1, 0.15) is 42.1 Å². The van der Waals surface area contributed by atoms with E-state index in [1.807, 2.05) is 19.3 Å². The molecule has 0 spiro atoms. The zero-order valence-electron chi connectivity index (χ0n) is 15.1. The Labute approximate surface area is 154 Å². The Morgan fingerprint density at radius 3 is 3.08 bits per heavy atom. The number of aromatic nitrogens is 1. The Bertz CT molecular complexity index is 778. The first-order valence-electron chi connectivity index (χ1n) is 9.34. The number of fused-ring (bicyclic) bond motifs is 1. The molecule has 1 saturated heterocycles. The number of rotatable bonds is 4. The van der Waals surface area contributed by atoms with E-state index in [4.69, 9.17) is 4.74 Å². The lowest BCUT2D eigenvalue weighted by Crippen LogP contribution is -2.36. The first-order valence-corrected chi connectivity index (χ1v) is 9.34. The number of anilines is 1. The van der Waals surface area contributed by atoms with Gasteiger partial charge in [-0.25, -0.2) is 0 Å². The maximum absolute atomic E-state index is 11.8. The second-order valence-electron chi connectivity index (χ2n) is 7.16. The Hall–Kier alpha value is -2.24. The molecule has 4 rings (SSSR count). The van der Waals surface area contributed by atoms with Crippen molar-refractivity contribution in [2.45, 2.75) is 44.4 Å². The van der Waals surface area contributed by atoms with Crippen molar-refractivity contribution in [1.29, 1.82) is 0 Å². The van der Waals surface area contributed by atoms with Crippen molar-refractivity contribution >= 4 is 11.6 Å². The summed E-state index contributed by atoms with van der Waals surface area (Å²) in [5.74, 6) is 0.201. The number of hydrogen-bond donors (Lipinski definition) is 1. The van der Waals surface area contributed by atoms with Crippen LogP contribution in [0.5, 0.6) is 0 Å². The van der Waals surface area contributed by atoms with E-state index in [2.05, 4.69) is 34.6 Å². The SMILES string of the molecule is CN1C(=O)CCc2cc(CNC3CCOC(c4cccnc4)C3)ccc21. The van der Waals surface area contributed by atoms with Crippen LogP contribution in [0.3, 0.4) is 0 Å². The van der Waals surface area contributed by atoms with Gasteiger partial charge < -0.3 is 15.0 Å². The van der Waals surface area contributed by atoms with Crippen molar-refractivity contribution in [3.63, 3.8) is 0 Å². The quantitative estimate of drug-likeness (QED) is 0.920. The van der Waals surface area contributed by atoms with Crippen LogP contribution in [0.25, 0.3) is 0 Å². The molecule has 0 bridgehead atoms. The summed E-state index contributed by atoms with van der Waals surface area (Å²) in [5, 5.41) is 3.68. The normalized spacial score (nSPS) is 23.0. The van der Waals surface area contributed by atoms with Gasteiger partial charge in [0.05, 0.1) is 6.10 Å². The van der Waals surface area contributed by atoms with E-state index in [0.29, 0.717) is 12.5 Å². The lowest BCUT2D eigenvalue weighted by molar-refractivity contribution is -0.118. The van der Waals surface area contributed by atoms with Gasteiger partial charge in [0.15, 0.2) is 0 Å². The summed E-state index contributed by atoms with van der Waals surface area (Å²) < 4.78 is 5.93. The number of amides is 1. The number of carbonyl (C=O) groups is 1. The fourth-order valence-corrected chi connectivity index (χ4v) is 3.86. The average molecular weight is 351 g/mol. The van der Waals surface area contributed by atoms with Gasteiger partial charge in [0, 0.05) is 50.7 Å². The third-order valence-electron chi connectivity index (χ3n) is 5.42. The average Bonchev–Trinajstić information content (AvgIpc) is 2.70. The maximum Gasteiger partial charge on any atom is 0.227 e. The summed E-state index contributed by atoms with van der Waals surface area (Å²) in [6, 6.07) is 10.9. The van der Waals surface area contributed by atoms with E-state index in [1.54, 1.807) is 11.1 Å². The predicted molar refractivity (Wildman–Crippen MR) is 101 cm³/mol. The molecule has 0 radical (unpaired) electrons. The molecule has 2 aliphatic rings. The minimum atomic E-state index is 0.123. The lowest BCUT2D eigenvalue weighted by Gasteiger charge is -2.30. The molecule has 5 heteroatoms. The molecule has 1 aromatic heterocycles. The van der Waals surface area contributed by atoms with Crippen LogP contribution in [-0.4, -0.2) is 30.6 Å². The molecular formula is C21H25N3O2. The number of nitrogens with zero attached hydrogens (tertiary/aromatic N) is 2. The number of pyridine rings is 1. The van der Waals surface area contributed by atoms with Gasteiger partial charge in [-0.2, -0.15) is 0 Å². The third-order valence-corrected chi connectivity index (χ3v) is 5.42. The van der Waals surface area contributed by atoms with Crippen molar-refractivity contribution in [3.8, 4) is 0 Å². The van der Waals surface area contributed by atoms with Crippen LogP contribution >= 0.6 is 0 Å². The molecule has 1 N–H and O–H groups in total. The highest BCUT2D eigenvalue weighted by molar-refractivity contribution is 5.95. The summed E-state index contributed by atoms with van der Waals surface area (Å²) in [4.78, 5) is 17.8. The zero-order valence-corrected chi connectivity index (χ0v) is 15.1. The van der Waals surface area contributed by atoms with Crippen molar-refractivity contribution in [2.24, 2.45) is 0 Å². The van der Waals surface area contributed by atoms with Gasteiger partial charge >= 0.3 is 0 Å². The highest BCUT2D eigenvalue weighted by atomic mass is 16.5. The molecule has 2 atom stereocenters. The van der Waals surface area contributed by atoms with Crippen LogP contribution in [0.15, 0.2) is 42.7 Å². The fraction of sp³-hybridized carbons (Fsp3) is 0.429. The van der Waals surface area contributed by atoms with Gasteiger partial charge in [0.2, 0.25) is 5.91 Å². The van der Waals surface area contributed by atoms with E-state index in [-0.39, 0.29) is 12.0 Å². The Balaban J connectivity index is 1.37. The number of aryl methyl sites for hydroxylation is 1. The molecule has 1 aromatic carbocycles. The number of hydrogen-bond acceptors (Lipinski definition) is 4. The molecule has 0 saturated carbocycles. The van der Waals surface area contributed by atoms with Crippen molar-refractivity contribution in [2.75, 3.05) is 18.6 Å². The van der Waals surface area contributed by atoms with Gasteiger partial charge in [-0.3, -0.25) is 9.78 Å². The van der Waals surface area contributed by atoms with Crippen LogP contribution in [0.4, 0.5) is 5.69 Å². The first kappa shape index (κ1) is 17.2. The van der Waals surface area contributed by atoms with Crippen LogP contribution in [0, 0.1) is 0 Å². The number of ether oxygens (including phenoxy) is 1. The largest absolute Gasteiger partial charge is 0.373 e. The highest BCUT2D eigenvalue weighted by Gasteiger charge is 2.24. The number of benzene rings is 1. The van der Waals surface area contributed by atoms with Crippen LogP contribution in [0.2, 0.25) is 0 Å². The molecule has 1 fully saturated rings. The standard InChI is InChI=1S/C21H25N3O2/c1-24-19-6-4-15(11-16(19)5-7-21(24)25)13-23-18-8-10-26-20(12-18)17-3-2-9-22-14-17/h2-4,6,9,11,14,18,20,23H,5,7-8,10,12-13H2,1H3. The molecule has 2 aromatic rings. The van der Waals surface area contributed by atoms with Gasteiger partial charge in [-0.15, -0.1) is 0 Å². The van der Waals surface area contributed by atoms with Gasteiger partial charge in [0.1, 0.15) is 0 Å². The van der Waals surface area contributed by atoms with Crippen LogP contribution < -0.4 is 10.2 Å². The monoisotopic (exact) mass is 351 g/mol. The lowest BCUT2D eigenvalue weighted by atomic mass is 9.97. The number of nitrogens with one attached hydrogen (secondary N) is 1. The molecule has 2 aliphatic heterocycles. The highest BCUT2D eigenvalue weighted by Crippen LogP contribution is 2.29. The summed E-state index contributed by atoms with van der Waals surface area (Å²) in [6.45, 7) is 1.61. The number of carbonyl (C=O) groups excluding carboxylic acids is 1. The van der Waals surface area contributed by atoms with Crippen molar-refractivity contribution in [3.05, 3.63) is 59.4 Å². The summed E-state index contributed by atoms with van der Waals surface area (Å²) in [7, 11) is 1.86. The second-order valence-corrected chi connectivity index (χ2v) is 7.16. The fourth-order valence-electron chi connectivity index (χ4n) is 3.86. The zero-order chi connectivity index (χ0) is 17.9. The second kappa shape index (κ2) is 7.56. The molecule has 2 unspecified atom stereocenters. The molecule has 0 aliphatic carbocycles. The van der Waals surface area contributed by atoms with Gasteiger partial charge in [-0.1, -0.05) is 18.2 Å². The van der Waals surface area contributed by atoms with E-state index in [9.17, 15) is 4.79 Å². The van der Waals surface area contributed by atoms with Crippen LogP contribution in [-0.2, 0) is 22.5 Å². The molecule has 136 valence electrons. The molecular weight excluding hydrogens is 326 g/mol. The Morgan fingerprint density at radius 1 is 1.31 bits per heavy atom. The topological polar surface area (TPSA) is 54.5 Å². The van der Waals surface area contributed by atoms with E-state index in [1.165, 1.54) is 11.1 Å². The first-order chi connectivity index (χ1) is 12.7. The minimum absolute atomic E-state index is 0.123. The minimum Gasteiger partial charge on any atom is -0.373 e. The van der Waals surface area contributed by atoms with Gasteiger partial charge in [-0.05, 0) is 48.1 Å². The summed E-state index contributed by atoms with van der Waals surface area (Å²) in [6.07, 6.45) is 7.25. The van der Waals surface area contributed by atoms with E-state index in [0.717, 1.165) is 43.7 Å².